The first-order valence-electron chi connectivity index (χ1n) is 5.79. The summed E-state index contributed by atoms with van der Waals surface area (Å²) in [6, 6.07) is 0.612. The lowest BCUT2D eigenvalue weighted by molar-refractivity contribution is -0.138. The quantitative estimate of drug-likeness (QED) is 0.655. The summed E-state index contributed by atoms with van der Waals surface area (Å²) in [7, 11) is 0. The molecule has 2 saturated heterocycles. The first-order chi connectivity index (χ1) is 7.18. The first-order valence-corrected chi connectivity index (χ1v) is 5.79. The van der Waals surface area contributed by atoms with Crippen molar-refractivity contribution in [3.8, 4) is 0 Å². The van der Waals surface area contributed by atoms with E-state index in [0.717, 1.165) is 39.4 Å². The van der Waals surface area contributed by atoms with Crippen LogP contribution in [-0.2, 0) is 9.53 Å². The number of hydrogen-bond acceptors (Lipinski definition) is 3. The maximum absolute atomic E-state index is 11.7. The smallest absolute Gasteiger partial charge is 0.225 e. The fourth-order valence-electron chi connectivity index (χ4n) is 2.11. The summed E-state index contributed by atoms with van der Waals surface area (Å²) in [5.74, 6) is 0.420. The monoisotopic (exact) mass is 212 g/mol. The Morgan fingerprint density at radius 2 is 1.80 bits per heavy atom. The van der Waals surface area contributed by atoms with Gasteiger partial charge in [0.1, 0.15) is 0 Å². The fourth-order valence-corrected chi connectivity index (χ4v) is 2.11. The van der Waals surface area contributed by atoms with Gasteiger partial charge in [-0.15, -0.1) is 0 Å². The molecule has 2 aliphatic rings. The van der Waals surface area contributed by atoms with Crippen LogP contribution in [0.15, 0.2) is 0 Å². The van der Waals surface area contributed by atoms with E-state index in [2.05, 4.69) is 4.90 Å². The first kappa shape index (κ1) is 10.9. The van der Waals surface area contributed by atoms with E-state index in [-0.39, 0.29) is 5.92 Å². The predicted octanol–water partition coefficient (Wildman–Crippen LogP) is 0.185. The minimum atomic E-state index is 0.128. The molecule has 0 aromatic carbocycles. The van der Waals surface area contributed by atoms with Gasteiger partial charge in [-0.1, -0.05) is 13.8 Å². The number of hydrogen-bond donors (Lipinski definition) is 0. The van der Waals surface area contributed by atoms with Gasteiger partial charge in [0.05, 0.1) is 19.3 Å². The zero-order valence-corrected chi connectivity index (χ0v) is 9.61. The summed E-state index contributed by atoms with van der Waals surface area (Å²) < 4.78 is 5.18. The van der Waals surface area contributed by atoms with Crippen LogP contribution in [0, 0.1) is 5.92 Å². The second kappa shape index (κ2) is 4.49. The molecular weight excluding hydrogens is 192 g/mol. The molecule has 2 heterocycles. The van der Waals surface area contributed by atoms with Crippen molar-refractivity contribution < 1.29 is 9.53 Å². The van der Waals surface area contributed by atoms with Crippen molar-refractivity contribution in [1.29, 1.82) is 0 Å². The van der Waals surface area contributed by atoms with Crippen molar-refractivity contribution in [2.24, 2.45) is 5.92 Å². The minimum Gasteiger partial charge on any atom is -0.378 e. The van der Waals surface area contributed by atoms with Crippen LogP contribution in [0.1, 0.15) is 13.8 Å². The van der Waals surface area contributed by atoms with Gasteiger partial charge >= 0.3 is 0 Å². The van der Waals surface area contributed by atoms with Crippen LogP contribution in [-0.4, -0.2) is 61.1 Å². The number of nitrogens with zero attached hydrogens (tertiary/aromatic N) is 2. The highest BCUT2D eigenvalue weighted by Gasteiger charge is 2.30. The highest BCUT2D eigenvalue weighted by atomic mass is 16.5. The zero-order chi connectivity index (χ0) is 10.8. The van der Waals surface area contributed by atoms with Crippen molar-refractivity contribution in [3.05, 3.63) is 0 Å². The molecule has 0 radical (unpaired) electrons. The van der Waals surface area contributed by atoms with E-state index < -0.39 is 0 Å². The van der Waals surface area contributed by atoms with Crippen molar-refractivity contribution >= 4 is 5.91 Å². The topological polar surface area (TPSA) is 32.8 Å². The molecule has 0 bridgehead atoms. The average molecular weight is 212 g/mol. The maximum atomic E-state index is 11.7. The highest BCUT2D eigenvalue weighted by Crippen LogP contribution is 2.14. The number of piperazine rings is 1. The Labute approximate surface area is 91.2 Å². The molecule has 0 spiro atoms. The third-order valence-corrected chi connectivity index (χ3v) is 3.26. The molecule has 86 valence electrons. The molecule has 4 heteroatoms. The van der Waals surface area contributed by atoms with Crippen LogP contribution in [0.25, 0.3) is 0 Å². The van der Waals surface area contributed by atoms with Crippen LogP contribution < -0.4 is 0 Å². The van der Waals surface area contributed by atoms with Crippen molar-refractivity contribution in [3.63, 3.8) is 0 Å². The Bertz CT molecular complexity index is 231. The molecule has 2 rings (SSSR count). The second-order valence-corrected chi connectivity index (χ2v) is 4.71. The van der Waals surface area contributed by atoms with Gasteiger partial charge < -0.3 is 9.64 Å². The lowest BCUT2D eigenvalue weighted by Gasteiger charge is -2.42. The average Bonchev–Trinajstić information content (AvgIpc) is 2.15. The van der Waals surface area contributed by atoms with E-state index in [4.69, 9.17) is 4.74 Å². The number of ether oxygens (including phenoxy) is 1. The van der Waals surface area contributed by atoms with Gasteiger partial charge in [-0.3, -0.25) is 9.69 Å². The molecule has 2 aliphatic heterocycles. The van der Waals surface area contributed by atoms with Gasteiger partial charge in [0.25, 0.3) is 0 Å². The van der Waals surface area contributed by atoms with Crippen molar-refractivity contribution in [2.45, 2.75) is 19.9 Å². The zero-order valence-electron chi connectivity index (χ0n) is 9.61. The third kappa shape index (κ3) is 2.32. The molecule has 0 aromatic rings. The standard InChI is InChI=1S/C11H20N2O2/c1-9(2)11(14)13-5-3-12(4-6-13)10-7-15-8-10/h9-10H,3-8H2,1-2H3. The predicted molar refractivity (Wildman–Crippen MR) is 57.6 cm³/mol. The van der Waals surface area contributed by atoms with Crippen molar-refractivity contribution in [2.75, 3.05) is 39.4 Å². The lowest BCUT2D eigenvalue weighted by atomic mass is 10.1. The van der Waals surface area contributed by atoms with Gasteiger partial charge in [-0.2, -0.15) is 0 Å². The summed E-state index contributed by atoms with van der Waals surface area (Å²) in [5, 5.41) is 0. The molecule has 2 fully saturated rings. The fraction of sp³-hybridized carbons (Fsp3) is 0.909. The number of amides is 1. The molecular formula is C11H20N2O2. The number of carbonyl (C=O) groups excluding carboxylic acids is 1. The summed E-state index contributed by atoms with van der Waals surface area (Å²) in [5.41, 5.74) is 0. The molecule has 0 aliphatic carbocycles. The van der Waals surface area contributed by atoms with Gasteiger partial charge in [0.2, 0.25) is 5.91 Å². The van der Waals surface area contributed by atoms with Gasteiger partial charge in [0, 0.05) is 32.1 Å². The van der Waals surface area contributed by atoms with E-state index in [1.165, 1.54) is 0 Å². The summed E-state index contributed by atoms with van der Waals surface area (Å²) in [4.78, 5) is 16.2. The van der Waals surface area contributed by atoms with Crippen LogP contribution in [0.3, 0.4) is 0 Å². The Hall–Kier alpha value is -0.610. The van der Waals surface area contributed by atoms with E-state index >= 15 is 0 Å². The molecule has 4 nitrogen and oxygen atoms in total. The Morgan fingerprint density at radius 3 is 2.20 bits per heavy atom. The molecule has 0 unspecified atom stereocenters. The van der Waals surface area contributed by atoms with E-state index in [0.29, 0.717) is 11.9 Å². The molecule has 0 atom stereocenters. The normalized spacial score (nSPS) is 24.3. The Morgan fingerprint density at radius 1 is 1.20 bits per heavy atom. The van der Waals surface area contributed by atoms with E-state index in [1.54, 1.807) is 0 Å². The second-order valence-electron chi connectivity index (χ2n) is 4.71. The Balaban J connectivity index is 1.78. The van der Waals surface area contributed by atoms with Crippen LogP contribution in [0.5, 0.6) is 0 Å². The van der Waals surface area contributed by atoms with Crippen LogP contribution in [0.4, 0.5) is 0 Å². The molecule has 0 aromatic heterocycles. The Kier molecular flexibility index (Phi) is 3.26. The van der Waals surface area contributed by atoms with Crippen LogP contribution >= 0.6 is 0 Å². The molecule has 0 saturated carbocycles. The number of carbonyl (C=O) groups is 1. The highest BCUT2D eigenvalue weighted by molar-refractivity contribution is 5.78. The summed E-state index contributed by atoms with van der Waals surface area (Å²) >= 11 is 0. The molecule has 15 heavy (non-hydrogen) atoms. The van der Waals surface area contributed by atoms with Crippen molar-refractivity contribution in [1.82, 2.24) is 9.80 Å². The third-order valence-electron chi connectivity index (χ3n) is 3.26. The minimum absolute atomic E-state index is 0.128. The van der Waals surface area contributed by atoms with Gasteiger partial charge in [-0.05, 0) is 0 Å². The largest absolute Gasteiger partial charge is 0.378 e. The number of rotatable bonds is 2. The summed E-state index contributed by atoms with van der Waals surface area (Å²) in [6.07, 6.45) is 0. The summed E-state index contributed by atoms with van der Waals surface area (Å²) in [6.45, 7) is 9.46. The van der Waals surface area contributed by atoms with Crippen LogP contribution in [0.2, 0.25) is 0 Å². The van der Waals surface area contributed by atoms with E-state index in [9.17, 15) is 4.79 Å². The van der Waals surface area contributed by atoms with E-state index in [1.807, 2.05) is 18.7 Å². The molecule has 1 amide bonds. The SMILES string of the molecule is CC(C)C(=O)N1CCN(C2COC2)CC1. The molecule has 0 N–H and O–H groups in total. The maximum Gasteiger partial charge on any atom is 0.225 e. The van der Waals surface area contributed by atoms with Gasteiger partial charge in [-0.25, -0.2) is 0 Å². The lowest BCUT2D eigenvalue weighted by Crippen LogP contribution is -2.57. The van der Waals surface area contributed by atoms with Gasteiger partial charge in [0.15, 0.2) is 0 Å².